The van der Waals surface area contributed by atoms with Gasteiger partial charge in [-0.3, -0.25) is 9.45 Å². The molecule has 1 aliphatic heterocycles. The largest absolute Gasteiger partial charge is 0.444 e. The molecule has 1 aromatic carbocycles. The first-order chi connectivity index (χ1) is 11.7. The molecule has 7 nitrogen and oxygen atoms in total. The van der Waals surface area contributed by atoms with Gasteiger partial charge in [0.15, 0.2) is 0 Å². The molecule has 0 aromatic heterocycles. The van der Waals surface area contributed by atoms with Crippen LogP contribution in [0.4, 0.5) is 13.6 Å². The fraction of sp³-hybridized carbons (Fsp3) is 0.562. The average molecular weight is 394 g/mol. The lowest BCUT2D eigenvalue weighted by Crippen LogP contribution is -2.43. The van der Waals surface area contributed by atoms with Crippen molar-refractivity contribution in [3.8, 4) is 0 Å². The van der Waals surface area contributed by atoms with Gasteiger partial charge in [-0.2, -0.15) is 8.42 Å². The lowest BCUT2D eigenvalue weighted by Gasteiger charge is -2.27. The fourth-order valence-corrected chi connectivity index (χ4v) is 2.74. The summed E-state index contributed by atoms with van der Waals surface area (Å²) in [7, 11) is -4.00. The second-order valence-corrected chi connectivity index (χ2v) is 8.27. The highest BCUT2D eigenvalue weighted by molar-refractivity contribution is 7.85. The van der Waals surface area contributed by atoms with E-state index in [1.165, 1.54) is 12.1 Å². The number of halogens is 2. The van der Waals surface area contributed by atoms with E-state index in [0.29, 0.717) is 0 Å². The molecule has 0 aliphatic carbocycles. The number of carbonyl (C=O) groups excluding carboxylic acids is 1. The molecule has 0 spiro atoms. The minimum Gasteiger partial charge on any atom is -0.444 e. The normalized spacial score (nSPS) is 19.5. The molecule has 0 bridgehead atoms. The maximum Gasteiger partial charge on any atom is 0.410 e. The van der Waals surface area contributed by atoms with Gasteiger partial charge < -0.3 is 10.5 Å². The number of benzene rings is 1. The zero-order valence-corrected chi connectivity index (χ0v) is 15.7. The standard InChI is InChI=1S/C10H18F2N2O2.C6H6O3S/c1-9(2,3)16-8(15)14-6-10(11,12)4-7(14)5-13;7-10(8,9)6-4-2-1-3-5-6/h7H,4-6,13H2,1-3H3;1-5H,(H,7,8,9). The average Bonchev–Trinajstić information content (AvgIpc) is 2.82. The van der Waals surface area contributed by atoms with Crippen LogP contribution >= 0.6 is 0 Å². The van der Waals surface area contributed by atoms with E-state index < -0.39 is 40.3 Å². The van der Waals surface area contributed by atoms with E-state index in [9.17, 15) is 22.0 Å². The summed E-state index contributed by atoms with van der Waals surface area (Å²) >= 11 is 0. The Morgan fingerprint density at radius 1 is 1.35 bits per heavy atom. The van der Waals surface area contributed by atoms with E-state index >= 15 is 0 Å². The second-order valence-electron chi connectivity index (χ2n) is 6.85. The van der Waals surface area contributed by atoms with Gasteiger partial charge >= 0.3 is 6.09 Å². The Balaban J connectivity index is 0.000000289. The van der Waals surface area contributed by atoms with Crippen molar-refractivity contribution in [1.82, 2.24) is 4.90 Å². The van der Waals surface area contributed by atoms with Gasteiger partial charge in [-0.1, -0.05) is 18.2 Å². The maximum absolute atomic E-state index is 13.1. The van der Waals surface area contributed by atoms with Gasteiger partial charge in [-0.05, 0) is 32.9 Å². The Morgan fingerprint density at radius 3 is 2.27 bits per heavy atom. The van der Waals surface area contributed by atoms with E-state index in [4.69, 9.17) is 15.0 Å². The molecule has 1 fully saturated rings. The van der Waals surface area contributed by atoms with Crippen molar-refractivity contribution in [3.05, 3.63) is 30.3 Å². The van der Waals surface area contributed by atoms with Gasteiger partial charge in [0.25, 0.3) is 16.0 Å². The van der Waals surface area contributed by atoms with Crippen LogP contribution in [0.1, 0.15) is 27.2 Å². The maximum atomic E-state index is 13.1. The topological polar surface area (TPSA) is 110 Å². The van der Waals surface area contributed by atoms with Crippen LogP contribution in [0.15, 0.2) is 35.2 Å². The van der Waals surface area contributed by atoms with Crippen molar-refractivity contribution in [2.24, 2.45) is 5.73 Å². The first-order valence-corrected chi connectivity index (χ1v) is 9.29. The molecule has 1 aromatic rings. The van der Waals surface area contributed by atoms with E-state index in [-0.39, 0.29) is 17.9 Å². The van der Waals surface area contributed by atoms with Crippen LogP contribution in [0.25, 0.3) is 0 Å². The molecule has 1 atom stereocenters. The Bertz CT molecular complexity index is 705. The minimum absolute atomic E-state index is 0.0227. The molecule has 10 heteroatoms. The molecule has 26 heavy (non-hydrogen) atoms. The molecular formula is C16H24F2N2O5S. The number of nitrogens with two attached hydrogens (primary N) is 1. The molecule has 0 saturated carbocycles. The molecule has 1 aliphatic rings. The number of likely N-dealkylation sites (tertiary alicyclic amines) is 1. The zero-order chi connectivity index (χ0) is 20.2. The Labute approximate surface area is 151 Å². The molecule has 148 valence electrons. The van der Waals surface area contributed by atoms with Gasteiger partial charge in [0.1, 0.15) is 5.60 Å². The number of nitrogens with zero attached hydrogens (tertiary/aromatic N) is 1. The molecular weight excluding hydrogens is 370 g/mol. The highest BCUT2D eigenvalue weighted by atomic mass is 32.2. The van der Waals surface area contributed by atoms with Gasteiger partial charge in [0.05, 0.1) is 17.5 Å². The SMILES string of the molecule is CC(C)(C)OC(=O)N1CC(F)(F)CC1CN.O=S(=O)(O)c1ccccc1. The summed E-state index contributed by atoms with van der Waals surface area (Å²) in [5.74, 6) is -2.86. The number of ether oxygens (including phenoxy) is 1. The smallest absolute Gasteiger partial charge is 0.410 e. The Kier molecular flexibility index (Phi) is 7.09. The number of rotatable bonds is 2. The van der Waals surface area contributed by atoms with E-state index in [2.05, 4.69) is 0 Å². The van der Waals surface area contributed by atoms with Crippen molar-refractivity contribution in [3.63, 3.8) is 0 Å². The highest BCUT2D eigenvalue weighted by Crippen LogP contribution is 2.32. The quantitative estimate of drug-likeness (QED) is 0.746. The first-order valence-electron chi connectivity index (χ1n) is 7.85. The Hall–Kier alpha value is -1.78. The molecule has 1 unspecified atom stereocenters. The number of carbonyl (C=O) groups is 1. The van der Waals surface area contributed by atoms with E-state index in [1.54, 1.807) is 39.0 Å². The van der Waals surface area contributed by atoms with Gasteiger partial charge in [0, 0.05) is 13.0 Å². The van der Waals surface area contributed by atoms with Crippen molar-refractivity contribution in [2.75, 3.05) is 13.1 Å². The lowest BCUT2D eigenvalue weighted by molar-refractivity contribution is -0.00236. The van der Waals surface area contributed by atoms with Crippen LogP contribution in [-0.4, -0.2) is 54.6 Å². The lowest BCUT2D eigenvalue weighted by atomic mass is 10.2. The van der Waals surface area contributed by atoms with Crippen LogP contribution in [0.2, 0.25) is 0 Å². The number of hydrogen-bond acceptors (Lipinski definition) is 5. The zero-order valence-electron chi connectivity index (χ0n) is 14.9. The molecule has 1 amide bonds. The molecule has 2 rings (SSSR count). The van der Waals surface area contributed by atoms with Gasteiger partial charge in [0.2, 0.25) is 0 Å². The second kappa shape index (κ2) is 8.28. The minimum atomic E-state index is -4.00. The summed E-state index contributed by atoms with van der Waals surface area (Å²) in [6.45, 7) is 4.49. The van der Waals surface area contributed by atoms with Crippen LogP contribution in [0, 0.1) is 0 Å². The first kappa shape index (κ1) is 22.3. The number of hydrogen-bond donors (Lipinski definition) is 2. The third-order valence-corrected chi connectivity index (χ3v) is 4.19. The molecule has 0 radical (unpaired) electrons. The van der Waals surface area contributed by atoms with Crippen LogP contribution in [0.3, 0.4) is 0 Å². The summed E-state index contributed by atoms with van der Waals surface area (Å²) in [6, 6.07) is 6.79. The van der Waals surface area contributed by atoms with Crippen molar-refractivity contribution in [2.45, 2.75) is 49.7 Å². The van der Waals surface area contributed by atoms with Crippen LogP contribution in [-0.2, 0) is 14.9 Å². The van der Waals surface area contributed by atoms with Gasteiger partial charge in [-0.15, -0.1) is 0 Å². The summed E-state index contributed by atoms with van der Waals surface area (Å²) in [5.41, 5.74) is 4.68. The summed E-state index contributed by atoms with van der Waals surface area (Å²) in [5, 5.41) is 0. The predicted molar refractivity (Wildman–Crippen MR) is 91.6 cm³/mol. The fourth-order valence-electron chi connectivity index (χ4n) is 2.24. The molecule has 3 N–H and O–H groups in total. The predicted octanol–water partition coefficient (Wildman–Crippen LogP) is 2.52. The number of amides is 1. The summed E-state index contributed by atoms with van der Waals surface area (Å²) in [4.78, 5) is 12.6. The molecule has 1 heterocycles. The Morgan fingerprint density at radius 2 is 1.88 bits per heavy atom. The van der Waals surface area contributed by atoms with Crippen LogP contribution in [0.5, 0.6) is 0 Å². The van der Waals surface area contributed by atoms with Crippen molar-refractivity contribution >= 4 is 16.2 Å². The summed E-state index contributed by atoms with van der Waals surface area (Å²) < 4.78 is 60.5. The van der Waals surface area contributed by atoms with Crippen molar-refractivity contribution in [1.29, 1.82) is 0 Å². The van der Waals surface area contributed by atoms with Crippen molar-refractivity contribution < 1.29 is 31.3 Å². The monoisotopic (exact) mass is 394 g/mol. The van der Waals surface area contributed by atoms with E-state index in [1.807, 2.05) is 0 Å². The van der Waals surface area contributed by atoms with E-state index in [0.717, 1.165) is 4.90 Å². The van der Waals surface area contributed by atoms with Crippen LogP contribution < -0.4 is 5.73 Å². The number of alkyl halides is 2. The third-order valence-electron chi connectivity index (χ3n) is 3.32. The third kappa shape index (κ3) is 7.22. The molecule has 1 saturated heterocycles. The van der Waals surface area contributed by atoms with Gasteiger partial charge in [-0.25, -0.2) is 13.6 Å². The summed E-state index contributed by atoms with van der Waals surface area (Å²) in [6.07, 6.45) is -1.11. The highest BCUT2D eigenvalue weighted by Gasteiger charge is 2.47.